The average Bonchev–Trinajstić information content (AvgIpc) is 2.44. The number of amides is 2. The van der Waals surface area contributed by atoms with Crippen molar-refractivity contribution in [1.82, 2.24) is 10.6 Å². The first kappa shape index (κ1) is 16.6. The Balaban J connectivity index is 2.30. The van der Waals surface area contributed by atoms with Crippen molar-refractivity contribution in [3.8, 4) is 0 Å². The van der Waals surface area contributed by atoms with E-state index in [-0.39, 0.29) is 25.1 Å². The third-order valence-corrected chi connectivity index (χ3v) is 2.52. The van der Waals surface area contributed by atoms with Crippen molar-refractivity contribution < 1.29 is 29.0 Å². The number of aliphatic hydroxyl groups is 1. The van der Waals surface area contributed by atoms with Gasteiger partial charge in [0.05, 0.1) is 6.54 Å². The van der Waals surface area contributed by atoms with Gasteiger partial charge in [-0.3, -0.25) is 9.59 Å². The second-order valence-corrected chi connectivity index (χ2v) is 4.19. The molecule has 0 saturated heterocycles. The van der Waals surface area contributed by atoms with Gasteiger partial charge in [0.1, 0.15) is 5.82 Å². The van der Waals surface area contributed by atoms with Crippen LogP contribution in [0.5, 0.6) is 0 Å². The zero-order valence-electron chi connectivity index (χ0n) is 11.0. The molecule has 0 spiro atoms. The molecule has 0 aliphatic rings. The van der Waals surface area contributed by atoms with E-state index in [1.54, 1.807) is 0 Å². The van der Waals surface area contributed by atoms with E-state index in [2.05, 4.69) is 10.6 Å². The molecule has 0 radical (unpaired) electrons. The molecular formula is C13H15FN2O5. The lowest BCUT2D eigenvalue weighted by Gasteiger charge is -2.08. The van der Waals surface area contributed by atoms with Crippen LogP contribution in [0.3, 0.4) is 0 Å². The first-order valence-electron chi connectivity index (χ1n) is 6.11. The number of nitrogens with one attached hydrogen (secondary N) is 2. The van der Waals surface area contributed by atoms with Gasteiger partial charge in [0.2, 0.25) is 5.91 Å². The van der Waals surface area contributed by atoms with Gasteiger partial charge < -0.3 is 20.8 Å². The molecule has 0 fully saturated rings. The summed E-state index contributed by atoms with van der Waals surface area (Å²) in [5.41, 5.74) is 0.0871. The van der Waals surface area contributed by atoms with Gasteiger partial charge in [0.15, 0.2) is 6.10 Å². The number of aliphatic hydroxyl groups excluding tert-OH is 1. The largest absolute Gasteiger partial charge is 0.479 e. The fraction of sp³-hybridized carbons (Fsp3) is 0.308. The quantitative estimate of drug-likeness (QED) is 0.542. The Morgan fingerprint density at radius 3 is 2.57 bits per heavy atom. The van der Waals surface area contributed by atoms with E-state index in [9.17, 15) is 18.8 Å². The summed E-state index contributed by atoms with van der Waals surface area (Å²) in [6, 6.07) is 5.00. The minimum atomic E-state index is -1.55. The maximum Gasteiger partial charge on any atom is 0.332 e. The molecule has 7 nitrogen and oxygen atoms in total. The van der Waals surface area contributed by atoms with Crippen molar-refractivity contribution in [1.29, 1.82) is 0 Å². The number of carbonyl (C=O) groups is 3. The van der Waals surface area contributed by atoms with Crippen LogP contribution in [0.15, 0.2) is 24.3 Å². The number of carbonyl (C=O) groups excluding carboxylic acids is 2. The number of aliphatic carboxylic acids is 1. The molecule has 8 heteroatoms. The summed E-state index contributed by atoms with van der Waals surface area (Å²) in [5, 5.41) is 22.0. The van der Waals surface area contributed by atoms with Gasteiger partial charge in [0, 0.05) is 18.5 Å². The predicted octanol–water partition coefficient (Wildman–Crippen LogP) is -0.493. The number of hydrogen-bond donors (Lipinski definition) is 4. The van der Waals surface area contributed by atoms with Crippen molar-refractivity contribution in [2.45, 2.75) is 12.5 Å². The normalized spacial score (nSPS) is 11.5. The van der Waals surface area contributed by atoms with E-state index < -0.39 is 29.7 Å². The molecule has 1 atom stereocenters. The summed E-state index contributed by atoms with van der Waals surface area (Å²) < 4.78 is 12.9. The molecule has 0 heterocycles. The summed E-state index contributed by atoms with van der Waals surface area (Å²) in [7, 11) is 0. The molecule has 0 aliphatic carbocycles. The lowest BCUT2D eigenvalue weighted by atomic mass is 10.2. The Morgan fingerprint density at radius 1 is 1.24 bits per heavy atom. The lowest BCUT2D eigenvalue weighted by Crippen LogP contribution is -2.38. The number of carboxylic acids is 1. The highest BCUT2D eigenvalue weighted by molar-refractivity contribution is 5.96. The summed E-state index contributed by atoms with van der Waals surface area (Å²) in [6.07, 6.45) is -1.69. The van der Waals surface area contributed by atoms with Crippen LogP contribution in [0.2, 0.25) is 0 Å². The van der Waals surface area contributed by atoms with Crippen LogP contribution in [0.4, 0.5) is 4.39 Å². The van der Waals surface area contributed by atoms with E-state index in [0.29, 0.717) is 0 Å². The van der Waals surface area contributed by atoms with Crippen LogP contribution in [0.25, 0.3) is 0 Å². The van der Waals surface area contributed by atoms with Gasteiger partial charge in [-0.15, -0.1) is 0 Å². The highest BCUT2D eigenvalue weighted by Gasteiger charge is 2.13. The van der Waals surface area contributed by atoms with Crippen LogP contribution >= 0.6 is 0 Å². The molecular weight excluding hydrogens is 283 g/mol. The van der Waals surface area contributed by atoms with Gasteiger partial charge in [-0.25, -0.2) is 9.18 Å². The number of benzene rings is 1. The van der Waals surface area contributed by atoms with Crippen LogP contribution < -0.4 is 10.6 Å². The Labute approximate surface area is 119 Å². The third kappa shape index (κ3) is 6.00. The van der Waals surface area contributed by atoms with Crippen molar-refractivity contribution >= 4 is 17.8 Å². The molecule has 0 aliphatic heterocycles. The minimum absolute atomic E-state index is 0.0395. The molecule has 4 N–H and O–H groups in total. The Morgan fingerprint density at radius 2 is 1.95 bits per heavy atom. The molecule has 1 unspecified atom stereocenters. The SMILES string of the molecule is O=C(CNC(=O)c1cccc(F)c1)NCCC(O)C(=O)O. The Hall–Kier alpha value is -2.48. The summed E-state index contributed by atoms with van der Waals surface area (Å²) >= 11 is 0. The topological polar surface area (TPSA) is 116 Å². The van der Waals surface area contributed by atoms with E-state index in [1.165, 1.54) is 18.2 Å². The van der Waals surface area contributed by atoms with E-state index >= 15 is 0 Å². The molecule has 0 aromatic heterocycles. The maximum absolute atomic E-state index is 12.9. The molecule has 2 amide bonds. The van der Waals surface area contributed by atoms with Gasteiger partial charge in [-0.1, -0.05) is 6.07 Å². The van der Waals surface area contributed by atoms with Gasteiger partial charge in [-0.2, -0.15) is 0 Å². The van der Waals surface area contributed by atoms with Crippen LogP contribution in [0.1, 0.15) is 16.8 Å². The first-order chi connectivity index (χ1) is 9.90. The monoisotopic (exact) mass is 298 g/mol. The number of carboxylic acid groups (broad SMARTS) is 1. The number of hydrogen-bond acceptors (Lipinski definition) is 4. The zero-order chi connectivity index (χ0) is 15.8. The molecule has 1 aromatic rings. The van der Waals surface area contributed by atoms with Crippen molar-refractivity contribution in [3.05, 3.63) is 35.6 Å². The summed E-state index contributed by atoms with van der Waals surface area (Å²) in [6.45, 7) is -0.374. The van der Waals surface area contributed by atoms with Gasteiger partial charge in [0.25, 0.3) is 5.91 Å². The van der Waals surface area contributed by atoms with E-state index in [1.807, 2.05) is 0 Å². The Kier molecular flexibility index (Phi) is 6.28. The average molecular weight is 298 g/mol. The van der Waals surface area contributed by atoms with Crippen LogP contribution in [0, 0.1) is 5.82 Å². The van der Waals surface area contributed by atoms with Crippen molar-refractivity contribution in [2.24, 2.45) is 0 Å². The second-order valence-electron chi connectivity index (χ2n) is 4.19. The molecule has 0 saturated carbocycles. The number of rotatable bonds is 7. The summed E-state index contributed by atoms with van der Waals surface area (Å²) in [4.78, 5) is 33.3. The Bertz CT molecular complexity index is 535. The van der Waals surface area contributed by atoms with Crippen LogP contribution in [-0.4, -0.2) is 47.2 Å². The molecule has 0 bridgehead atoms. The highest BCUT2D eigenvalue weighted by atomic mass is 19.1. The van der Waals surface area contributed by atoms with Crippen LogP contribution in [-0.2, 0) is 9.59 Å². The van der Waals surface area contributed by atoms with Gasteiger partial charge in [-0.05, 0) is 18.2 Å². The molecule has 21 heavy (non-hydrogen) atoms. The standard InChI is InChI=1S/C13H15FN2O5/c14-9-3-1-2-8(6-9)12(19)16-7-11(18)15-5-4-10(17)13(20)21/h1-3,6,10,17H,4-5,7H2,(H,15,18)(H,16,19)(H,20,21). The molecule has 114 valence electrons. The lowest BCUT2D eigenvalue weighted by molar-refractivity contribution is -0.147. The smallest absolute Gasteiger partial charge is 0.332 e. The second kappa shape index (κ2) is 7.95. The zero-order valence-corrected chi connectivity index (χ0v) is 11.0. The maximum atomic E-state index is 12.9. The highest BCUT2D eigenvalue weighted by Crippen LogP contribution is 2.02. The van der Waals surface area contributed by atoms with Crippen molar-refractivity contribution in [2.75, 3.05) is 13.1 Å². The van der Waals surface area contributed by atoms with E-state index in [4.69, 9.17) is 10.2 Å². The fourth-order valence-corrected chi connectivity index (χ4v) is 1.43. The van der Waals surface area contributed by atoms with Crippen molar-refractivity contribution in [3.63, 3.8) is 0 Å². The summed E-state index contributed by atoms with van der Waals surface area (Å²) in [5.74, 6) is -3.08. The first-order valence-corrected chi connectivity index (χ1v) is 6.11. The predicted molar refractivity (Wildman–Crippen MR) is 70.0 cm³/mol. The molecule has 1 aromatic carbocycles. The molecule has 1 rings (SSSR count). The third-order valence-electron chi connectivity index (χ3n) is 2.52. The fourth-order valence-electron chi connectivity index (χ4n) is 1.43. The van der Waals surface area contributed by atoms with E-state index in [0.717, 1.165) is 6.07 Å². The van der Waals surface area contributed by atoms with Gasteiger partial charge >= 0.3 is 5.97 Å². The minimum Gasteiger partial charge on any atom is -0.479 e. The number of halogens is 1.